The molecule has 1 N–H and O–H groups in total. The van der Waals surface area contributed by atoms with Gasteiger partial charge in [0.15, 0.2) is 0 Å². The first-order valence-electron chi connectivity index (χ1n) is 6.47. The first-order chi connectivity index (χ1) is 8.70. The van der Waals surface area contributed by atoms with Gasteiger partial charge in [-0.3, -0.25) is 4.79 Å². The highest BCUT2D eigenvalue weighted by Crippen LogP contribution is 2.12. The molecule has 18 heavy (non-hydrogen) atoms. The minimum atomic E-state index is -0.255. The van der Waals surface area contributed by atoms with E-state index in [1.54, 1.807) is 11.0 Å². The maximum Gasteiger partial charge on any atom is 0.239 e. The molecule has 0 unspecified atom stereocenters. The van der Waals surface area contributed by atoms with E-state index in [2.05, 4.69) is 5.32 Å². The van der Waals surface area contributed by atoms with Gasteiger partial charge in [0.25, 0.3) is 0 Å². The third-order valence-corrected chi connectivity index (χ3v) is 3.31. The van der Waals surface area contributed by atoms with Crippen LogP contribution < -0.4 is 5.32 Å². The molecule has 1 aliphatic heterocycles. The fourth-order valence-corrected chi connectivity index (χ4v) is 2.32. The summed E-state index contributed by atoms with van der Waals surface area (Å²) in [5.41, 5.74) is 0.836. The quantitative estimate of drug-likeness (QED) is 0.885. The minimum Gasteiger partial charge on any atom is -0.337 e. The molecule has 1 heterocycles. The van der Waals surface area contributed by atoms with Gasteiger partial charge >= 0.3 is 0 Å². The summed E-state index contributed by atoms with van der Waals surface area (Å²) in [5.74, 6) is -0.130. The first kappa shape index (κ1) is 13.0. The Morgan fingerprint density at radius 3 is 3.00 bits per heavy atom. The van der Waals surface area contributed by atoms with E-state index >= 15 is 0 Å². The summed E-state index contributed by atoms with van der Waals surface area (Å²) in [5, 5.41) is 3.20. The summed E-state index contributed by atoms with van der Waals surface area (Å²) < 4.78 is 13.1. The highest BCUT2D eigenvalue weighted by Gasteiger charge is 2.25. The van der Waals surface area contributed by atoms with E-state index in [1.165, 1.54) is 12.1 Å². The van der Waals surface area contributed by atoms with Crippen molar-refractivity contribution in [1.82, 2.24) is 10.2 Å². The Bertz CT molecular complexity index is 416. The van der Waals surface area contributed by atoms with Crippen molar-refractivity contribution < 1.29 is 9.18 Å². The summed E-state index contributed by atoms with van der Waals surface area (Å²) in [6, 6.07) is 6.37. The standard InChI is InChI=1S/C14H19FN2O/c1-2-17(14(18)13-7-4-8-16-13)10-11-5-3-6-12(15)9-11/h3,5-6,9,13,16H,2,4,7-8,10H2,1H3/t13-/m1/s1. The van der Waals surface area contributed by atoms with Gasteiger partial charge in [0.1, 0.15) is 5.82 Å². The summed E-state index contributed by atoms with van der Waals surface area (Å²) in [7, 11) is 0. The number of amides is 1. The van der Waals surface area contributed by atoms with Crippen LogP contribution in [0.5, 0.6) is 0 Å². The molecular formula is C14H19FN2O. The molecular weight excluding hydrogens is 231 g/mol. The predicted octanol–water partition coefficient (Wildman–Crippen LogP) is 1.93. The van der Waals surface area contributed by atoms with Crippen LogP contribution in [0.1, 0.15) is 25.3 Å². The van der Waals surface area contributed by atoms with Crippen LogP contribution in [0.4, 0.5) is 4.39 Å². The molecule has 0 aliphatic carbocycles. The molecule has 3 nitrogen and oxygen atoms in total. The second kappa shape index (κ2) is 5.96. The normalized spacial score (nSPS) is 18.9. The summed E-state index contributed by atoms with van der Waals surface area (Å²) in [4.78, 5) is 14.0. The van der Waals surface area contributed by atoms with Crippen LogP contribution in [0.15, 0.2) is 24.3 Å². The molecule has 4 heteroatoms. The van der Waals surface area contributed by atoms with Gasteiger partial charge in [-0.05, 0) is 44.0 Å². The third kappa shape index (κ3) is 3.07. The molecule has 0 saturated carbocycles. The first-order valence-corrected chi connectivity index (χ1v) is 6.47. The van der Waals surface area contributed by atoms with E-state index in [0.717, 1.165) is 24.9 Å². The monoisotopic (exact) mass is 250 g/mol. The number of halogens is 1. The molecule has 0 aromatic heterocycles. The molecule has 1 aliphatic rings. The number of hydrogen-bond acceptors (Lipinski definition) is 2. The van der Waals surface area contributed by atoms with Gasteiger partial charge in [-0.25, -0.2) is 4.39 Å². The predicted molar refractivity (Wildman–Crippen MR) is 68.5 cm³/mol. The number of carbonyl (C=O) groups excluding carboxylic acids is 1. The fourth-order valence-electron chi connectivity index (χ4n) is 2.32. The van der Waals surface area contributed by atoms with Crippen LogP contribution >= 0.6 is 0 Å². The maximum absolute atomic E-state index is 13.1. The van der Waals surface area contributed by atoms with Crippen molar-refractivity contribution in [2.45, 2.75) is 32.4 Å². The number of carbonyl (C=O) groups is 1. The number of nitrogens with zero attached hydrogens (tertiary/aromatic N) is 1. The third-order valence-electron chi connectivity index (χ3n) is 3.31. The molecule has 1 amide bonds. The number of benzene rings is 1. The van der Waals surface area contributed by atoms with Crippen LogP contribution in [0.2, 0.25) is 0 Å². The van der Waals surface area contributed by atoms with Crippen LogP contribution in [-0.4, -0.2) is 29.9 Å². The molecule has 0 radical (unpaired) electrons. The van der Waals surface area contributed by atoms with Crippen molar-refractivity contribution in [2.75, 3.05) is 13.1 Å². The van der Waals surface area contributed by atoms with Crippen LogP contribution in [0.3, 0.4) is 0 Å². The van der Waals surface area contributed by atoms with Crippen molar-refractivity contribution in [1.29, 1.82) is 0 Å². The Hall–Kier alpha value is -1.42. The van der Waals surface area contributed by atoms with E-state index in [1.807, 2.05) is 13.0 Å². The fraction of sp³-hybridized carbons (Fsp3) is 0.500. The van der Waals surface area contributed by atoms with Crippen molar-refractivity contribution in [3.8, 4) is 0 Å². The Morgan fingerprint density at radius 1 is 1.56 bits per heavy atom. The second-order valence-corrected chi connectivity index (χ2v) is 4.63. The van der Waals surface area contributed by atoms with Crippen molar-refractivity contribution >= 4 is 5.91 Å². The molecule has 0 bridgehead atoms. The SMILES string of the molecule is CCN(Cc1cccc(F)c1)C(=O)[C@H]1CCCN1. The highest BCUT2D eigenvalue weighted by molar-refractivity contribution is 5.82. The maximum atomic E-state index is 13.1. The number of nitrogens with one attached hydrogen (secondary N) is 1. The number of rotatable bonds is 4. The minimum absolute atomic E-state index is 0.0569. The van der Waals surface area contributed by atoms with Gasteiger partial charge in [0.05, 0.1) is 6.04 Å². The Labute approximate surface area is 107 Å². The molecule has 2 rings (SSSR count). The van der Waals surface area contributed by atoms with E-state index < -0.39 is 0 Å². The molecule has 1 saturated heterocycles. The average molecular weight is 250 g/mol. The second-order valence-electron chi connectivity index (χ2n) is 4.63. The highest BCUT2D eigenvalue weighted by atomic mass is 19.1. The lowest BCUT2D eigenvalue weighted by atomic mass is 10.1. The number of likely N-dealkylation sites (N-methyl/N-ethyl adjacent to an activating group) is 1. The summed E-state index contributed by atoms with van der Waals surface area (Å²) in [6.45, 7) is 3.98. The van der Waals surface area contributed by atoms with E-state index in [9.17, 15) is 9.18 Å². The van der Waals surface area contributed by atoms with Gasteiger partial charge in [0.2, 0.25) is 5.91 Å². The van der Waals surface area contributed by atoms with Crippen LogP contribution in [-0.2, 0) is 11.3 Å². The van der Waals surface area contributed by atoms with Gasteiger partial charge in [-0.15, -0.1) is 0 Å². The lowest BCUT2D eigenvalue weighted by molar-refractivity contribution is -0.133. The Morgan fingerprint density at radius 2 is 2.39 bits per heavy atom. The van der Waals surface area contributed by atoms with E-state index in [0.29, 0.717) is 13.1 Å². The molecule has 1 aromatic rings. The van der Waals surface area contributed by atoms with Crippen LogP contribution in [0, 0.1) is 5.82 Å². The number of hydrogen-bond donors (Lipinski definition) is 1. The van der Waals surface area contributed by atoms with Crippen molar-refractivity contribution in [3.63, 3.8) is 0 Å². The molecule has 1 aromatic carbocycles. The molecule has 1 fully saturated rings. The lowest BCUT2D eigenvalue weighted by Gasteiger charge is -2.24. The van der Waals surface area contributed by atoms with Gasteiger partial charge in [-0.2, -0.15) is 0 Å². The summed E-state index contributed by atoms with van der Waals surface area (Å²) >= 11 is 0. The van der Waals surface area contributed by atoms with Gasteiger partial charge in [-0.1, -0.05) is 12.1 Å². The molecule has 0 spiro atoms. The topological polar surface area (TPSA) is 32.3 Å². The van der Waals surface area contributed by atoms with E-state index in [-0.39, 0.29) is 17.8 Å². The lowest BCUT2D eigenvalue weighted by Crippen LogP contribution is -2.43. The average Bonchev–Trinajstić information content (AvgIpc) is 2.89. The van der Waals surface area contributed by atoms with Crippen LogP contribution in [0.25, 0.3) is 0 Å². The molecule has 98 valence electrons. The van der Waals surface area contributed by atoms with Crippen molar-refractivity contribution in [2.24, 2.45) is 0 Å². The largest absolute Gasteiger partial charge is 0.337 e. The Balaban J connectivity index is 2.02. The zero-order chi connectivity index (χ0) is 13.0. The zero-order valence-electron chi connectivity index (χ0n) is 10.7. The van der Waals surface area contributed by atoms with Gasteiger partial charge < -0.3 is 10.2 Å². The smallest absolute Gasteiger partial charge is 0.239 e. The van der Waals surface area contributed by atoms with Crippen molar-refractivity contribution in [3.05, 3.63) is 35.6 Å². The van der Waals surface area contributed by atoms with Gasteiger partial charge in [0, 0.05) is 13.1 Å². The Kier molecular flexibility index (Phi) is 4.31. The molecule has 1 atom stereocenters. The van der Waals surface area contributed by atoms with E-state index in [4.69, 9.17) is 0 Å². The zero-order valence-corrected chi connectivity index (χ0v) is 10.7. The summed E-state index contributed by atoms with van der Waals surface area (Å²) in [6.07, 6.45) is 1.95.